The minimum absolute atomic E-state index is 0.0200. The fourth-order valence-electron chi connectivity index (χ4n) is 1.43. The van der Waals surface area contributed by atoms with Crippen molar-refractivity contribution in [3.8, 4) is 0 Å². The Labute approximate surface area is 126 Å². The van der Waals surface area contributed by atoms with Crippen molar-refractivity contribution in [2.45, 2.75) is 59.5 Å². The lowest BCUT2D eigenvalue weighted by molar-refractivity contribution is -0.152. The molecule has 0 spiro atoms. The molecular weight excluding hydrogens is 274 g/mol. The van der Waals surface area contributed by atoms with Crippen LogP contribution in [-0.4, -0.2) is 37.1 Å². The number of amides is 1. The molecule has 0 unspecified atom stereocenters. The Bertz CT molecular complexity index is 339. The molecule has 6 heteroatoms. The third-order valence-electron chi connectivity index (χ3n) is 2.56. The van der Waals surface area contributed by atoms with Gasteiger partial charge in [0, 0.05) is 12.5 Å². The summed E-state index contributed by atoms with van der Waals surface area (Å²) in [6.07, 6.45) is 1.34. The first-order valence-corrected chi connectivity index (χ1v) is 7.45. The topological polar surface area (TPSA) is 81.7 Å². The van der Waals surface area contributed by atoms with Crippen LogP contribution in [0.4, 0.5) is 0 Å². The highest BCUT2D eigenvalue weighted by Crippen LogP contribution is 2.00. The number of nitrogens with one attached hydrogen (secondary N) is 1. The quantitative estimate of drug-likeness (QED) is 0.491. The highest BCUT2D eigenvalue weighted by molar-refractivity contribution is 5.78. The zero-order valence-electron chi connectivity index (χ0n) is 13.4. The molecule has 0 aliphatic carbocycles. The van der Waals surface area contributed by atoms with E-state index >= 15 is 0 Å². The van der Waals surface area contributed by atoms with Crippen LogP contribution in [-0.2, 0) is 23.9 Å². The van der Waals surface area contributed by atoms with Crippen LogP contribution in [0, 0.1) is 5.92 Å². The third kappa shape index (κ3) is 11.9. The van der Waals surface area contributed by atoms with Gasteiger partial charge in [0.25, 0.3) is 0 Å². The second kappa shape index (κ2) is 11.1. The van der Waals surface area contributed by atoms with E-state index < -0.39 is 11.9 Å². The molecule has 1 amide bonds. The molecular formula is C15H27NO5. The summed E-state index contributed by atoms with van der Waals surface area (Å²) in [5.41, 5.74) is 0. The van der Waals surface area contributed by atoms with E-state index in [4.69, 9.17) is 9.47 Å². The zero-order chi connectivity index (χ0) is 16.3. The number of carbonyl (C=O) groups is 3. The number of ether oxygens (including phenoxy) is 2. The second-order valence-corrected chi connectivity index (χ2v) is 5.41. The van der Waals surface area contributed by atoms with E-state index in [2.05, 4.69) is 5.32 Å². The van der Waals surface area contributed by atoms with Gasteiger partial charge in [0.2, 0.25) is 5.91 Å². The average Bonchev–Trinajstić information content (AvgIpc) is 2.39. The summed E-state index contributed by atoms with van der Waals surface area (Å²) >= 11 is 0. The van der Waals surface area contributed by atoms with Crippen molar-refractivity contribution in [2.24, 2.45) is 5.92 Å². The summed E-state index contributed by atoms with van der Waals surface area (Å²) in [6, 6.07) is 0. The van der Waals surface area contributed by atoms with Gasteiger partial charge in [0.15, 0.2) is 0 Å². The van der Waals surface area contributed by atoms with Crippen LogP contribution in [0.15, 0.2) is 0 Å². The molecule has 0 radical (unpaired) electrons. The Hall–Kier alpha value is -1.59. The number of rotatable bonds is 10. The van der Waals surface area contributed by atoms with Gasteiger partial charge in [-0.05, 0) is 26.7 Å². The molecule has 0 aromatic heterocycles. The highest BCUT2D eigenvalue weighted by Gasteiger charge is 2.10. The molecule has 122 valence electrons. The summed E-state index contributed by atoms with van der Waals surface area (Å²) < 4.78 is 9.91. The molecule has 6 nitrogen and oxygen atoms in total. The fraction of sp³-hybridized carbons (Fsp3) is 0.800. The molecule has 0 rings (SSSR count). The molecule has 0 heterocycles. The number of hydrogen-bond acceptors (Lipinski definition) is 5. The zero-order valence-corrected chi connectivity index (χ0v) is 13.4. The van der Waals surface area contributed by atoms with Gasteiger partial charge in [-0.3, -0.25) is 14.4 Å². The lowest BCUT2D eigenvalue weighted by Crippen LogP contribution is -2.28. The SMILES string of the molecule is CC(C)OC(=O)CCC(=O)OCCCCNC(=O)C(C)C. The van der Waals surface area contributed by atoms with Crippen molar-refractivity contribution < 1.29 is 23.9 Å². The Kier molecular flexibility index (Phi) is 10.3. The summed E-state index contributed by atoms with van der Waals surface area (Å²) in [5.74, 6) is -0.788. The Morgan fingerprint density at radius 3 is 2.14 bits per heavy atom. The number of esters is 2. The van der Waals surface area contributed by atoms with Crippen LogP contribution < -0.4 is 5.32 Å². The molecule has 0 aliphatic heterocycles. The summed E-state index contributed by atoms with van der Waals surface area (Å²) in [5, 5.41) is 2.79. The predicted molar refractivity (Wildman–Crippen MR) is 78.5 cm³/mol. The maximum atomic E-state index is 11.4. The van der Waals surface area contributed by atoms with Crippen molar-refractivity contribution >= 4 is 17.8 Å². The normalized spacial score (nSPS) is 10.6. The van der Waals surface area contributed by atoms with Crippen LogP contribution in [0.1, 0.15) is 53.4 Å². The van der Waals surface area contributed by atoms with Gasteiger partial charge in [-0.1, -0.05) is 13.8 Å². The molecule has 0 fully saturated rings. The molecule has 0 aromatic rings. The minimum atomic E-state index is -0.401. The first kappa shape index (κ1) is 19.4. The Morgan fingerprint density at radius 1 is 0.952 bits per heavy atom. The number of unbranched alkanes of at least 4 members (excludes halogenated alkanes) is 1. The van der Waals surface area contributed by atoms with Crippen molar-refractivity contribution in [2.75, 3.05) is 13.2 Å². The maximum Gasteiger partial charge on any atom is 0.306 e. The smallest absolute Gasteiger partial charge is 0.306 e. The minimum Gasteiger partial charge on any atom is -0.466 e. The summed E-state index contributed by atoms with van der Waals surface area (Å²) in [4.78, 5) is 33.9. The fourth-order valence-corrected chi connectivity index (χ4v) is 1.43. The third-order valence-corrected chi connectivity index (χ3v) is 2.56. The Morgan fingerprint density at radius 2 is 1.57 bits per heavy atom. The van der Waals surface area contributed by atoms with Gasteiger partial charge in [-0.25, -0.2) is 0 Å². The van der Waals surface area contributed by atoms with Crippen molar-refractivity contribution in [1.29, 1.82) is 0 Å². The first-order valence-electron chi connectivity index (χ1n) is 7.45. The molecule has 0 aromatic carbocycles. The van der Waals surface area contributed by atoms with E-state index in [9.17, 15) is 14.4 Å². The van der Waals surface area contributed by atoms with Gasteiger partial charge in [-0.2, -0.15) is 0 Å². The maximum absolute atomic E-state index is 11.4. The van der Waals surface area contributed by atoms with E-state index in [1.165, 1.54) is 0 Å². The number of hydrogen-bond donors (Lipinski definition) is 1. The molecule has 0 bridgehead atoms. The van der Waals surface area contributed by atoms with Gasteiger partial charge in [0.1, 0.15) is 0 Å². The average molecular weight is 301 g/mol. The molecule has 0 saturated heterocycles. The lowest BCUT2D eigenvalue weighted by Gasteiger charge is -2.09. The van der Waals surface area contributed by atoms with Crippen molar-refractivity contribution in [3.05, 3.63) is 0 Å². The largest absolute Gasteiger partial charge is 0.466 e. The first-order chi connectivity index (χ1) is 9.82. The second-order valence-electron chi connectivity index (χ2n) is 5.41. The monoisotopic (exact) mass is 301 g/mol. The molecule has 1 N–H and O–H groups in total. The van der Waals surface area contributed by atoms with Crippen LogP contribution in [0.5, 0.6) is 0 Å². The predicted octanol–water partition coefficient (Wildman–Crippen LogP) is 1.81. The Balaban J connectivity index is 3.50. The number of carbonyl (C=O) groups excluding carboxylic acids is 3. The standard InChI is InChI=1S/C15H27NO5/c1-11(2)15(19)16-9-5-6-10-20-13(17)7-8-14(18)21-12(3)4/h11-12H,5-10H2,1-4H3,(H,16,19). The van der Waals surface area contributed by atoms with Gasteiger partial charge >= 0.3 is 11.9 Å². The van der Waals surface area contributed by atoms with Crippen LogP contribution in [0.2, 0.25) is 0 Å². The summed E-state index contributed by atoms with van der Waals surface area (Å²) in [6.45, 7) is 8.07. The van der Waals surface area contributed by atoms with E-state index in [0.717, 1.165) is 6.42 Å². The van der Waals surface area contributed by atoms with Crippen LogP contribution >= 0.6 is 0 Å². The van der Waals surface area contributed by atoms with Crippen LogP contribution in [0.25, 0.3) is 0 Å². The molecule has 21 heavy (non-hydrogen) atoms. The van der Waals surface area contributed by atoms with Crippen LogP contribution in [0.3, 0.4) is 0 Å². The van der Waals surface area contributed by atoms with Gasteiger partial charge in [-0.15, -0.1) is 0 Å². The van der Waals surface area contributed by atoms with E-state index in [-0.39, 0.29) is 30.8 Å². The molecule has 0 aliphatic rings. The van der Waals surface area contributed by atoms with Crippen molar-refractivity contribution in [3.63, 3.8) is 0 Å². The molecule has 0 saturated carbocycles. The highest BCUT2D eigenvalue weighted by atomic mass is 16.5. The lowest BCUT2D eigenvalue weighted by atomic mass is 10.2. The summed E-state index contributed by atoms with van der Waals surface area (Å²) in [7, 11) is 0. The van der Waals surface area contributed by atoms with Gasteiger partial charge in [0.05, 0.1) is 25.6 Å². The van der Waals surface area contributed by atoms with Crippen molar-refractivity contribution in [1.82, 2.24) is 5.32 Å². The molecule has 0 atom stereocenters. The van der Waals surface area contributed by atoms with E-state index in [1.54, 1.807) is 13.8 Å². The van der Waals surface area contributed by atoms with E-state index in [1.807, 2.05) is 13.8 Å². The van der Waals surface area contributed by atoms with Gasteiger partial charge < -0.3 is 14.8 Å². The van der Waals surface area contributed by atoms with E-state index in [0.29, 0.717) is 19.6 Å².